The van der Waals surface area contributed by atoms with Crippen LogP contribution >= 0.6 is 0 Å². The summed E-state index contributed by atoms with van der Waals surface area (Å²) in [5.74, 6) is 0. The van der Waals surface area contributed by atoms with Gasteiger partial charge in [0.1, 0.15) is 17.9 Å². The Morgan fingerprint density at radius 2 is 1.92 bits per heavy atom. The third kappa shape index (κ3) is 0.855. The molecule has 2 rings (SSSR count). The first kappa shape index (κ1) is 8.40. The van der Waals surface area contributed by atoms with E-state index in [2.05, 4.69) is 5.32 Å². The van der Waals surface area contributed by atoms with Crippen molar-refractivity contribution in [1.29, 1.82) is 0 Å². The van der Waals surface area contributed by atoms with Crippen molar-refractivity contribution < 1.29 is 20.4 Å². The summed E-state index contributed by atoms with van der Waals surface area (Å²) >= 11 is 0. The third-order valence-corrected chi connectivity index (χ3v) is 2.93. The summed E-state index contributed by atoms with van der Waals surface area (Å²) < 4.78 is 0. The summed E-state index contributed by atoms with van der Waals surface area (Å²) in [5, 5.41) is 40.3. The van der Waals surface area contributed by atoms with E-state index in [1.54, 1.807) is 0 Å². The number of aliphatic hydroxyl groups is 4. The Labute approximate surface area is 69.6 Å². The lowest BCUT2D eigenvalue weighted by molar-refractivity contribution is -0.0880. The fourth-order valence-electron chi connectivity index (χ4n) is 2.17. The molecule has 2 aliphatic rings. The lowest BCUT2D eigenvalue weighted by atomic mass is 9.95. The Hall–Kier alpha value is -0.200. The van der Waals surface area contributed by atoms with Crippen molar-refractivity contribution in [1.82, 2.24) is 5.32 Å². The Balaban J connectivity index is 2.25. The highest BCUT2D eigenvalue weighted by Crippen LogP contribution is 2.38. The molecule has 0 aromatic heterocycles. The highest BCUT2D eigenvalue weighted by Gasteiger charge is 2.59. The number of nitrogens with one attached hydrogen (secondary N) is 1. The molecule has 70 valence electrons. The van der Waals surface area contributed by atoms with Crippen LogP contribution in [-0.2, 0) is 0 Å². The zero-order valence-electron chi connectivity index (χ0n) is 6.51. The van der Waals surface area contributed by atoms with Gasteiger partial charge in [0.25, 0.3) is 0 Å². The molecular formula is C7H13NO4. The summed E-state index contributed by atoms with van der Waals surface area (Å²) in [6, 6.07) is -0.595. The molecule has 0 aromatic carbocycles. The van der Waals surface area contributed by atoms with Crippen molar-refractivity contribution in [3.63, 3.8) is 0 Å². The minimum atomic E-state index is -1.35. The average molecular weight is 175 g/mol. The minimum Gasteiger partial charge on any atom is -0.391 e. The van der Waals surface area contributed by atoms with Crippen LogP contribution in [0.2, 0.25) is 0 Å². The molecule has 1 saturated heterocycles. The second kappa shape index (κ2) is 2.40. The van der Waals surface area contributed by atoms with Gasteiger partial charge in [0.05, 0.1) is 12.1 Å². The number of rotatable bonds is 0. The van der Waals surface area contributed by atoms with Gasteiger partial charge in [-0.3, -0.25) is 5.32 Å². The van der Waals surface area contributed by atoms with E-state index in [9.17, 15) is 15.3 Å². The van der Waals surface area contributed by atoms with Gasteiger partial charge in [-0.15, -0.1) is 0 Å². The standard InChI is InChI=1S/C7H13NO4/c9-3-1-2-7(12)4(3)8-6(11)5(7)10/h3-6,8-12H,1-2H2/t3-,4-,5-,6+,7-/m0/s1. The van der Waals surface area contributed by atoms with Gasteiger partial charge in [-0.1, -0.05) is 0 Å². The Morgan fingerprint density at radius 3 is 2.50 bits per heavy atom. The lowest BCUT2D eigenvalue weighted by Crippen LogP contribution is -2.47. The molecule has 0 amide bonds. The fraction of sp³-hybridized carbons (Fsp3) is 1.00. The van der Waals surface area contributed by atoms with E-state index >= 15 is 0 Å². The summed E-state index contributed by atoms with van der Waals surface area (Å²) in [4.78, 5) is 0. The summed E-state index contributed by atoms with van der Waals surface area (Å²) in [6.07, 6.45) is -2.22. The van der Waals surface area contributed by atoms with Crippen LogP contribution in [0.5, 0.6) is 0 Å². The van der Waals surface area contributed by atoms with Crippen LogP contribution in [0, 0.1) is 0 Å². The van der Waals surface area contributed by atoms with Crippen LogP contribution in [0.1, 0.15) is 12.8 Å². The molecule has 2 fully saturated rings. The summed E-state index contributed by atoms with van der Waals surface area (Å²) in [5.41, 5.74) is -1.35. The highest BCUT2D eigenvalue weighted by molar-refractivity contribution is 5.13. The zero-order chi connectivity index (χ0) is 8.93. The molecule has 1 aliphatic heterocycles. The van der Waals surface area contributed by atoms with Crippen LogP contribution < -0.4 is 5.32 Å². The normalized spacial score (nSPS) is 59.0. The smallest absolute Gasteiger partial charge is 0.134 e. The third-order valence-electron chi connectivity index (χ3n) is 2.93. The second-order valence-corrected chi connectivity index (χ2v) is 3.63. The van der Waals surface area contributed by atoms with Crippen LogP contribution in [0.4, 0.5) is 0 Å². The zero-order valence-corrected chi connectivity index (χ0v) is 6.51. The van der Waals surface area contributed by atoms with Gasteiger partial charge in [0.15, 0.2) is 0 Å². The monoisotopic (exact) mass is 175 g/mol. The van der Waals surface area contributed by atoms with E-state index in [0.717, 1.165) is 0 Å². The van der Waals surface area contributed by atoms with E-state index in [4.69, 9.17) is 5.11 Å². The van der Waals surface area contributed by atoms with Gasteiger partial charge in [0, 0.05) is 0 Å². The average Bonchev–Trinajstić information content (AvgIpc) is 2.42. The minimum absolute atomic E-state index is 0.323. The van der Waals surface area contributed by atoms with Crippen LogP contribution in [0.25, 0.3) is 0 Å². The summed E-state index contributed by atoms with van der Waals surface area (Å²) in [7, 11) is 0. The first-order valence-corrected chi connectivity index (χ1v) is 4.08. The molecule has 5 atom stereocenters. The number of aliphatic hydroxyl groups excluding tert-OH is 3. The molecule has 5 heteroatoms. The van der Waals surface area contributed by atoms with Crippen molar-refractivity contribution in [2.45, 2.75) is 42.9 Å². The SMILES string of the molecule is O[C@H]1CC[C@@]2(O)[C@@H](O)[C@@H](O)N[C@@H]12. The number of fused-ring (bicyclic) bond motifs is 1. The van der Waals surface area contributed by atoms with Crippen LogP contribution in [-0.4, -0.2) is 50.5 Å². The van der Waals surface area contributed by atoms with E-state index < -0.39 is 30.1 Å². The van der Waals surface area contributed by atoms with Crippen LogP contribution in [0.3, 0.4) is 0 Å². The van der Waals surface area contributed by atoms with Crippen molar-refractivity contribution in [3.05, 3.63) is 0 Å². The van der Waals surface area contributed by atoms with Gasteiger partial charge >= 0.3 is 0 Å². The van der Waals surface area contributed by atoms with Gasteiger partial charge < -0.3 is 20.4 Å². The molecule has 0 bridgehead atoms. The lowest BCUT2D eigenvalue weighted by Gasteiger charge is -2.25. The van der Waals surface area contributed by atoms with Gasteiger partial charge in [-0.2, -0.15) is 0 Å². The second-order valence-electron chi connectivity index (χ2n) is 3.63. The molecule has 1 aliphatic carbocycles. The molecule has 0 radical (unpaired) electrons. The van der Waals surface area contributed by atoms with E-state index in [-0.39, 0.29) is 0 Å². The van der Waals surface area contributed by atoms with Crippen molar-refractivity contribution >= 4 is 0 Å². The Kier molecular flexibility index (Phi) is 1.68. The summed E-state index contributed by atoms with van der Waals surface area (Å²) in [6.45, 7) is 0. The molecule has 12 heavy (non-hydrogen) atoms. The molecule has 5 N–H and O–H groups in total. The molecule has 0 aromatic rings. The maximum absolute atomic E-state index is 9.81. The predicted octanol–water partition coefficient (Wildman–Crippen LogP) is -2.48. The van der Waals surface area contributed by atoms with E-state index in [0.29, 0.717) is 12.8 Å². The first-order valence-electron chi connectivity index (χ1n) is 4.08. The van der Waals surface area contributed by atoms with Crippen molar-refractivity contribution in [2.75, 3.05) is 0 Å². The number of hydrogen-bond acceptors (Lipinski definition) is 5. The predicted molar refractivity (Wildman–Crippen MR) is 39.1 cm³/mol. The molecule has 1 heterocycles. The quantitative estimate of drug-likeness (QED) is 0.281. The van der Waals surface area contributed by atoms with Crippen molar-refractivity contribution in [2.24, 2.45) is 0 Å². The van der Waals surface area contributed by atoms with Gasteiger partial charge in [-0.05, 0) is 12.8 Å². The Bertz CT molecular complexity index is 200. The molecule has 1 saturated carbocycles. The number of hydrogen-bond donors (Lipinski definition) is 5. The largest absolute Gasteiger partial charge is 0.391 e. The first-order chi connectivity index (χ1) is 5.55. The maximum atomic E-state index is 9.81. The fourth-order valence-corrected chi connectivity index (χ4v) is 2.17. The maximum Gasteiger partial charge on any atom is 0.134 e. The topological polar surface area (TPSA) is 93.0 Å². The van der Waals surface area contributed by atoms with E-state index in [1.807, 2.05) is 0 Å². The highest BCUT2D eigenvalue weighted by atomic mass is 16.4. The molecule has 5 nitrogen and oxygen atoms in total. The Morgan fingerprint density at radius 1 is 1.25 bits per heavy atom. The van der Waals surface area contributed by atoms with Gasteiger partial charge in [-0.25, -0.2) is 0 Å². The van der Waals surface area contributed by atoms with Crippen molar-refractivity contribution in [3.8, 4) is 0 Å². The van der Waals surface area contributed by atoms with E-state index in [1.165, 1.54) is 0 Å². The molecule has 0 unspecified atom stereocenters. The molecular weight excluding hydrogens is 162 g/mol. The van der Waals surface area contributed by atoms with Gasteiger partial charge in [0.2, 0.25) is 0 Å². The van der Waals surface area contributed by atoms with Crippen LogP contribution in [0.15, 0.2) is 0 Å². The molecule has 0 spiro atoms.